The van der Waals surface area contributed by atoms with Crippen molar-refractivity contribution in [2.24, 2.45) is 4.99 Å². The molecule has 0 N–H and O–H groups in total. The molecular weight excluding hydrogens is 573 g/mol. The largest absolute Gasteiger partial charge is 0.493 e. The molecule has 8 nitrogen and oxygen atoms in total. The van der Waals surface area contributed by atoms with Crippen molar-refractivity contribution in [3.63, 3.8) is 0 Å². The first-order chi connectivity index (χ1) is 20.2. The SMILES string of the molecule is CCOc1cc(N(C)C)ccc1C1=NC(c2ccc(Cl)cc2)C(c2ccc(Cl)cc2)N1C(=O)N1CCN(C(C)=O)CC1. The fraction of sp³-hybridized carbons (Fsp3) is 0.344. The number of aliphatic imine (C=N–C) groups is 1. The maximum atomic E-state index is 14.6. The molecule has 0 aliphatic carbocycles. The minimum Gasteiger partial charge on any atom is -0.493 e. The van der Waals surface area contributed by atoms with E-state index in [1.54, 1.807) is 21.6 Å². The smallest absolute Gasteiger partial charge is 0.326 e. The molecule has 2 aliphatic rings. The van der Waals surface area contributed by atoms with E-state index < -0.39 is 12.1 Å². The van der Waals surface area contributed by atoms with Gasteiger partial charge in [-0.15, -0.1) is 0 Å². The molecule has 1 fully saturated rings. The minimum absolute atomic E-state index is 0.00899. The lowest BCUT2D eigenvalue weighted by atomic mass is 9.93. The summed E-state index contributed by atoms with van der Waals surface area (Å²) in [6.07, 6.45) is 0. The molecule has 0 saturated carbocycles. The number of nitrogens with zero attached hydrogens (tertiary/aromatic N) is 5. The van der Waals surface area contributed by atoms with E-state index in [0.29, 0.717) is 54.4 Å². The molecule has 2 unspecified atom stereocenters. The molecule has 220 valence electrons. The molecule has 2 atom stereocenters. The third-order valence-electron chi connectivity index (χ3n) is 7.71. The lowest BCUT2D eigenvalue weighted by molar-refractivity contribution is -0.130. The van der Waals surface area contributed by atoms with E-state index in [4.69, 9.17) is 32.9 Å². The van der Waals surface area contributed by atoms with Crippen molar-refractivity contribution in [1.82, 2.24) is 14.7 Å². The van der Waals surface area contributed by atoms with Gasteiger partial charge in [-0.1, -0.05) is 47.5 Å². The molecule has 2 aliphatic heterocycles. The van der Waals surface area contributed by atoms with Crippen LogP contribution in [0.15, 0.2) is 71.7 Å². The highest BCUT2D eigenvalue weighted by Gasteiger charge is 2.45. The van der Waals surface area contributed by atoms with Gasteiger partial charge in [0, 0.05) is 69.0 Å². The molecule has 0 radical (unpaired) electrons. The summed E-state index contributed by atoms with van der Waals surface area (Å²) in [4.78, 5) is 39.2. The summed E-state index contributed by atoms with van der Waals surface area (Å²) in [5.74, 6) is 1.19. The number of amidine groups is 1. The highest BCUT2D eigenvalue weighted by Crippen LogP contribution is 2.45. The van der Waals surface area contributed by atoms with Gasteiger partial charge >= 0.3 is 6.03 Å². The number of benzene rings is 3. The van der Waals surface area contributed by atoms with Crippen LogP contribution in [-0.2, 0) is 4.79 Å². The summed E-state index contributed by atoms with van der Waals surface area (Å²) in [7, 11) is 3.95. The number of urea groups is 1. The topological polar surface area (TPSA) is 68.7 Å². The molecular formula is C32H35Cl2N5O3. The zero-order valence-electron chi connectivity index (χ0n) is 24.3. The number of anilines is 1. The Morgan fingerprint density at radius 2 is 1.45 bits per heavy atom. The Morgan fingerprint density at radius 3 is 2.00 bits per heavy atom. The van der Waals surface area contributed by atoms with Crippen LogP contribution < -0.4 is 9.64 Å². The predicted molar refractivity (Wildman–Crippen MR) is 168 cm³/mol. The van der Waals surface area contributed by atoms with Crippen LogP contribution in [0.2, 0.25) is 10.0 Å². The highest BCUT2D eigenvalue weighted by molar-refractivity contribution is 6.30. The molecule has 5 rings (SSSR count). The van der Waals surface area contributed by atoms with Crippen LogP contribution in [-0.4, -0.2) is 79.4 Å². The van der Waals surface area contributed by atoms with Crippen molar-refractivity contribution in [3.05, 3.63) is 93.5 Å². The van der Waals surface area contributed by atoms with Crippen molar-refractivity contribution in [1.29, 1.82) is 0 Å². The third-order valence-corrected chi connectivity index (χ3v) is 8.22. The monoisotopic (exact) mass is 607 g/mol. The number of carbonyl (C=O) groups excluding carboxylic acids is 2. The van der Waals surface area contributed by atoms with Crippen molar-refractivity contribution in [2.45, 2.75) is 25.9 Å². The van der Waals surface area contributed by atoms with Crippen molar-refractivity contribution in [2.75, 3.05) is 51.8 Å². The summed E-state index contributed by atoms with van der Waals surface area (Å²) in [6.45, 7) is 5.78. The average molecular weight is 609 g/mol. The Morgan fingerprint density at radius 1 is 0.881 bits per heavy atom. The predicted octanol–water partition coefficient (Wildman–Crippen LogP) is 6.29. The van der Waals surface area contributed by atoms with Crippen LogP contribution in [0, 0.1) is 0 Å². The Bertz CT molecular complexity index is 1470. The molecule has 0 spiro atoms. The van der Waals surface area contributed by atoms with Crippen molar-refractivity contribution in [3.8, 4) is 5.75 Å². The standard InChI is InChI=1S/C32H35Cl2N5O3/c1-5-42-28-20-26(36(3)4)14-15-27(28)31-35-29(22-6-10-24(33)11-7-22)30(23-8-12-25(34)13-9-23)39(31)32(41)38-18-16-37(17-19-38)21(2)40/h6-15,20,29-30H,5,16-19H2,1-4H3. The number of hydrogen-bond acceptors (Lipinski definition) is 5. The summed E-state index contributed by atoms with van der Waals surface area (Å²) in [5, 5.41) is 1.23. The quantitative estimate of drug-likeness (QED) is 0.330. The van der Waals surface area contributed by atoms with Gasteiger partial charge in [0.15, 0.2) is 0 Å². The van der Waals surface area contributed by atoms with Crippen LogP contribution in [0.25, 0.3) is 0 Å². The van der Waals surface area contributed by atoms with Gasteiger partial charge in [0.25, 0.3) is 0 Å². The van der Waals surface area contributed by atoms with Crippen LogP contribution in [0.4, 0.5) is 10.5 Å². The van der Waals surface area contributed by atoms with Gasteiger partial charge in [0.1, 0.15) is 17.6 Å². The average Bonchev–Trinajstić information content (AvgIpc) is 3.38. The van der Waals surface area contributed by atoms with Crippen LogP contribution in [0.5, 0.6) is 5.75 Å². The fourth-order valence-electron chi connectivity index (χ4n) is 5.47. The molecule has 0 aromatic heterocycles. The second-order valence-corrected chi connectivity index (χ2v) is 11.5. The third kappa shape index (κ3) is 6.05. The maximum Gasteiger partial charge on any atom is 0.326 e. The summed E-state index contributed by atoms with van der Waals surface area (Å²) in [5.41, 5.74) is 3.53. The number of ether oxygens (including phenoxy) is 1. The first kappa shape index (κ1) is 29.7. The van der Waals surface area contributed by atoms with E-state index >= 15 is 0 Å². The molecule has 3 aromatic rings. The number of carbonyl (C=O) groups is 2. The number of rotatable bonds is 6. The van der Waals surface area contributed by atoms with Crippen LogP contribution in [0.3, 0.4) is 0 Å². The van der Waals surface area contributed by atoms with Gasteiger partial charge in [-0.05, 0) is 54.4 Å². The minimum atomic E-state index is -0.459. The molecule has 3 amide bonds. The summed E-state index contributed by atoms with van der Waals surface area (Å²) < 4.78 is 6.13. The lowest BCUT2D eigenvalue weighted by Gasteiger charge is -2.39. The molecule has 2 heterocycles. The molecule has 10 heteroatoms. The second kappa shape index (κ2) is 12.6. The molecule has 1 saturated heterocycles. The maximum absolute atomic E-state index is 14.6. The number of piperazine rings is 1. The zero-order valence-corrected chi connectivity index (χ0v) is 25.8. The van der Waals surface area contributed by atoms with E-state index in [9.17, 15) is 9.59 Å². The molecule has 3 aromatic carbocycles. The first-order valence-corrected chi connectivity index (χ1v) is 14.8. The number of halogens is 2. The van der Waals surface area contributed by atoms with Crippen LogP contribution in [0.1, 0.15) is 42.6 Å². The van der Waals surface area contributed by atoms with Gasteiger partial charge in [-0.2, -0.15) is 0 Å². The Labute approximate surface area is 257 Å². The van der Waals surface area contributed by atoms with Crippen molar-refractivity contribution >= 4 is 46.7 Å². The highest BCUT2D eigenvalue weighted by atomic mass is 35.5. The van der Waals surface area contributed by atoms with Crippen LogP contribution >= 0.6 is 23.2 Å². The first-order valence-electron chi connectivity index (χ1n) is 14.0. The lowest BCUT2D eigenvalue weighted by Crippen LogP contribution is -2.54. The van der Waals surface area contributed by atoms with E-state index in [1.165, 1.54) is 0 Å². The Hall–Kier alpha value is -3.75. The Balaban J connectivity index is 1.66. The second-order valence-electron chi connectivity index (χ2n) is 10.6. The van der Waals surface area contributed by atoms with Gasteiger partial charge < -0.3 is 19.4 Å². The van der Waals surface area contributed by atoms with Gasteiger partial charge in [0.05, 0.1) is 18.2 Å². The number of amides is 3. The Kier molecular flexibility index (Phi) is 8.94. The summed E-state index contributed by atoms with van der Waals surface area (Å²) >= 11 is 12.5. The van der Waals surface area contributed by atoms with Gasteiger partial charge in [-0.3, -0.25) is 14.7 Å². The van der Waals surface area contributed by atoms with Gasteiger partial charge in [0.2, 0.25) is 5.91 Å². The molecule has 42 heavy (non-hydrogen) atoms. The van der Waals surface area contributed by atoms with Gasteiger partial charge in [-0.25, -0.2) is 4.79 Å². The zero-order chi connectivity index (χ0) is 30.0. The van der Waals surface area contributed by atoms with Crippen molar-refractivity contribution < 1.29 is 14.3 Å². The number of hydrogen-bond donors (Lipinski definition) is 0. The van der Waals surface area contributed by atoms with E-state index in [-0.39, 0.29) is 11.9 Å². The normalized spacial score (nSPS) is 18.6. The van der Waals surface area contributed by atoms with E-state index in [2.05, 4.69) is 0 Å². The summed E-state index contributed by atoms with van der Waals surface area (Å²) in [6, 6.07) is 20.0. The van der Waals surface area contributed by atoms with E-state index in [0.717, 1.165) is 22.4 Å². The fourth-order valence-corrected chi connectivity index (χ4v) is 5.72. The molecule has 0 bridgehead atoms. The van der Waals surface area contributed by atoms with E-state index in [1.807, 2.05) is 92.6 Å².